The molecule has 25 heavy (non-hydrogen) atoms. The van der Waals surface area contributed by atoms with Crippen molar-refractivity contribution in [3.63, 3.8) is 0 Å². The van der Waals surface area contributed by atoms with Gasteiger partial charge < -0.3 is 24.0 Å². The number of methoxy groups -OCH3 is 1. The Kier molecular flexibility index (Phi) is 5.32. The Labute approximate surface area is 145 Å². The zero-order valence-electron chi connectivity index (χ0n) is 14.7. The molecule has 0 saturated carbocycles. The summed E-state index contributed by atoms with van der Waals surface area (Å²) in [6.45, 7) is 4.72. The third-order valence-electron chi connectivity index (χ3n) is 4.33. The summed E-state index contributed by atoms with van der Waals surface area (Å²) in [4.78, 5) is 18.9. The highest BCUT2D eigenvalue weighted by atomic mass is 16.5. The molecule has 2 amide bonds. The summed E-state index contributed by atoms with van der Waals surface area (Å²) >= 11 is 0. The van der Waals surface area contributed by atoms with Crippen LogP contribution < -0.4 is 5.32 Å². The van der Waals surface area contributed by atoms with E-state index in [9.17, 15) is 4.79 Å². The molecule has 1 fully saturated rings. The number of anilines is 1. The van der Waals surface area contributed by atoms with Crippen molar-refractivity contribution in [3.05, 3.63) is 23.2 Å². The minimum absolute atomic E-state index is 0.212. The molecule has 1 unspecified atom stereocenters. The van der Waals surface area contributed by atoms with E-state index in [1.54, 1.807) is 25.9 Å². The molecule has 3 rings (SSSR count). The second-order valence-corrected chi connectivity index (χ2v) is 6.13. The van der Waals surface area contributed by atoms with Gasteiger partial charge in [-0.1, -0.05) is 10.3 Å². The van der Waals surface area contributed by atoms with Gasteiger partial charge in [-0.15, -0.1) is 0 Å². The summed E-state index contributed by atoms with van der Waals surface area (Å²) in [6.07, 6.45) is 3.32. The molecule has 1 aliphatic rings. The largest absolute Gasteiger partial charge is 0.384 e. The number of hydrogen-bond acceptors (Lipinski definition) is 7. The molecule has 2 aromatic heterocycles. The lowest BCUT2D eigenvalue weighted by molar-refractivity contribution is 0.142. The predicted molar refractivity (Wildman–Crippen MR) is 88.2 cm³/mol. The molecule has 9 nitrogen and oxygen atoms in total. The Morgan fingerprint density at radius 2 is 2.16 bits per heavy atom. The van der Waals surface area contributed by atoms with Crippen molar-refractivity contribution in [2.45, 2.75) is 45.6 Å². The van der Waals surface area contributed by atoms with Crippen LogP contribution in [0.15, 0.2) is 9.05 Å². The van der Waals surface area contributed by atoms with Crippen molar-refractivity contribution in [1.82, 2.24) is 20.2 Å². The van der Waals surface area contributed by atoms with Gasteiger partial charge in [-0.2, -0.15) is 4.98 Å². The van der Waals surface area contributed by atoms with E-state index < -0.39 is 0 Å². The highest BCUT2D eigenvalue weighted by molar-refractivity contribution is 5.90. The number of nitrogens with zero attached hydrogens (tertiary/aromatic N) is 4. The van der Waals surface area contributed by atoms with Crippen LogP contribution in [-0.2, 0) is 11.2 Å². The van der Waals surface area contributed by atoms with Crippen molar-refractivity contribution < 1.29 is 18.6 Å². The first-order valence-corrected chi connectivity index (χ1v) is 8.42. The molecule has 9 heteroatoms. The van der Waals surface area contributed by atoms with Gasteiger partial charge in [0.1, 0.15) is 17.4 Å². The highest BCUT2D eigenvalue weighted by Crippen LogP contribution is 2.31. The Morgan fingerprint density at radius 3 is 2.88 bits per heavy atom. The molecule has 1 aliphatic heterocycles. The maximum atomic E-state index is 12.8. The summed E-state index contributed by atoms with van der Waals surface area (Å²) < 4.78 is 15.5. The predicted octanol–water partition coefficient (Wildman–Crippen LogP) is 2.62. The Bertz CT molecular complexity index is 706. The number of aromatic nitrogens is 3. The van der Waals surface area contributed by atoms with E-state index in [0.717, 1.165) is 19.3 Å². The SMILES string of the molecule is COCCc1noc(C2CCCCN2C(=O)Nc2c(C)noc2C)n1. The molecule has 2 aromatic rings. The number of aryl methyl sites for hydroxylation is 2. The molecule has 1 N–H and O–H groups in total. The number of urea groups is 1. The van der Waals surface area contributed by atoms with E-state index in [1.807, 2.05) is 0 Å². The molecule has 0 spiro atoms. The zero-order valence-corrected chi connectivity index (χ0v) is 14.7. The molecule has 0 aromatic carbocycles. The van der Waals surface area contributed by atoms with E-state index in [0.29, 0.717) is 48.4 Å². The lowest BCUT2D eigenvalue weighted by Crippen LogP contribution is -2.41. The van der Waals surface area contributed by atoms with Crippen LogP contribution in [0.25, 0.3) is 0 Å². The number of rotatable bonds is 5. The molecular formula is C16H23N5O4. The van der Waals surface area contributed by atoms with E-state index in [4.69, 9.17) is 13.8 Å². The Hall–Kier alpha value is -2.42. The topological polar surface area (TPSA) is 107 Å². The first-order valence-electron chi connectivity index (χ1n) is 8.42. The number of hydrogen-bond donors (Lipinski definition) is 1. The van der Waals surface area contributed by atoms with Crippen molar-refractivity contribution in [1.29, 1.82) is 0 Å². The minimum atomic E-state index is -0.224. The van der Waals surface area contributed by atoms with E-state index in [2.05, 4.69) is 20.6 Å². The van der Waals surface area contributed by atoms with Crippen LogP contribution in [0, 0.1) is 13.8 Å². The molecule has 1 atom stereocenters. The minimum Gasteiger partial charge on any atom is -0.384 e. The van der Waals surface area contributed by atoms with Crippen LogP contribution in [0.5, 0.6) is 0 Å². The number of carbonyl (C=O) groups is 1. The van der Waals surface area contributed by atoms with Crippen LogP contribution >= 0.6 is 0 Å². The number of amides is 2. The van der Waals surface area contributed by atoms with Gasteiger partial charge in [-0.05, 0) is 33.1 Å². The van der Waals surface area contributed by atoms with Gasteiger partial charge in [-0.25, -0.2) is 4.79 Å². The summed E-state index contributed by atoms with van der Waals surface area (Å²) in [5.41, 5.74) is 1.26. The van der Waals surface area contributed by atoms with Gasteiger partial charge >= 0.3 is 6.03 Å². The van der Waals surface area contributed by atoms with Crippen molar-refractivity contribution >= 4 is 11.7 Å². The molecule has 0 radical (unpaired) electrons. The van der Waals surface area contributed by atoms with Gasteiger partial charge in [0.15, 0.2) is 11.6 Å². The molecule has 0 aliphatic carbocycles. The zero-order chi connectivity index (χ0) is 17.8. The average molecular weight is 349 g/mol. The molecule has 3 heterocycles. The fourth-order valence-electron chi connectivity index (χ4n) is 2.97. The normalized spacial score (nSPS) is 17.7. The Morgan fingerprint density at radius 1 is 1.32 bits per heavy atom. The van der Waals surface area contributed by atoms with Crippen molar-refractivity contribution in [2.24, 2.45) is 0 Å². The second-order valence-electron chi connectivity index (χ2n) is 6.13. The van der Waals surface area contributed by atoms with Crippen LogP contribution in [0.2, 0.25) is 0 Å². The third-order valence-corrected chi connectivity index (χ3v) is 4.33. The van der Waals surface area contributed by atoms with Crippen LogP contribution in [0.1, 0.15) is 48.5 Å². The monoisotopic (exact) mass is 349 g/mol. The number of likely N-dealkylation sites (tertiary alicyclic amines) is 1. The smallest absolute Gasteiger partial charge is 0.322 e. The van der Waals surface area contributed by atoms with Crippen LogP contribution in [0.4, 0.5) is 10.5 Å². The first-order chi connectivity index (χ1) is 12.1. The number of carbonyl (C=O) groups excluding carboxylic acids is 1. The van der Waals surface area contributed by atoms with Gasteiger partial charge in [0.2, 0.25) is 5.89 Å². The molecular weight excluding hydrogens is 326 g/mol. The number of ether oxygens (including phenoxy) is 1. The molecule has 0 bridgehead atoms. The standard InChI is InChI=1S/C16H23N5O4/c1-10-14(11(2)24-19-10)18-16(22)21-8-5-4-6-12(21)15-17-13(20-25-15)7-9-23-3/h12H,4-9H2,1-3H3,(H,18,22). The molecule has 1 saturated heterocycles. The van der Waals surface area contributed by atoms with Crippen molar-refractivity contribution in [2.75, 3.05) is 25.6 Å². The van der Waals surface area contributed by atoms with E-state index >= 15 is 0 Å². The average Bonchev–Trinajstić information content (AvgIpc) is 3.22. The summed E-state index contributed by atoms with van der Waals surface area (Å²) in [5, 5.41) is 10.7. The van der Waals surface area contributed by atoms with Gasteiger partial charge in [-0.3, -0.25) is 0 Å². The fourth-order valence-corrected chi connectivity index (χ4v) is 2.97. The van der Waals surface area contributed by atoms with Gasteiger partial charge in [0.05, 0.1) is 6.61 Å². The van der Waals surface area contributed by atoms with E-state index in [-0.39, 0.29) is 12.1 Å². The summed E-state index contributed by atoms with van der Waals surface area (Å²) in [5.74, 6) is 1.65. The van der Waals surface area contributed by atoms with E-state index in [1.165, 1.54) is 0 Å². The molecule has 136 valence electrons. The maximum absolute atomic E-state index is 12.8. The van der Waals surface area contributed by atoms with Crippen molar-refractivity contribution in [3.8, 4) is 0 Å². The highest BCUT2D eigenvalue weighted by Gasteiger charge is 2.32. The summed E-state index contributed by atoms with van der Waals surface area (Å²) in [7, 11) is 1.63. The fraction of sp³-hybridized carbons (Fsp3) is 0.625. The maximum Gasteiger partial charge on any atom is 0.322 e. The van der Waals surface area contributed by atoms with Gasteiger partial charge in [0, 0.05) is 20.1 Å². The number of piperidine rings is 1. The number of nitrogens with one attached hydrogen (secondary N) is 1. The summed E-state index contributed by atoms with van der Waals surface area (Å²) in [6, 6.07) is -0.436. The first kappa shape index (κ1) is 17.4. The van der Waals surface area contributed by atoms with Gasteiger partial charge in [0.25, 0.3) is 0 Å². The lowest BCUT2D eigenvalue weighted by atomic mass is 10.0. The second kappa shape index (κ2) is 7.64. The lowest BCUT2D eigenvalue weighted by Gasteiger charge is -2.33. The van der Waals surface area contributed by atoms with Crippen LogP contribution in [-0.4, -0.2) is 46.5 Å². The quantitative estimate of drug-likeness (QED) is 0.884. The third kappa shape index (κ3) is 3.81. The van der Waals surface area contributed by atoms with Crippen LogP contribution in [0.3, 0.4) is 0 Å². The Balaban J connectivity index is 1.74.